The first-order chi connectivity index (χ1) is 9.24. The molecule has 0 aromatic carbocycles. The summed E-state index contributed by atoms with van der Waals surface area (Å²) in [6, 6.07) is 3.90. The van der Waals surface area contributed by atoms with Crippen LogP contribution < -0.4 is 5.32 Å². The van der Waals surface area contributed by atoms with Crippen molar-refractivity contribution in [2.75, 3.05) is 0 Å². The number of aryl methyl sites for hydroxylation is 1. The fourth-order valence-electron chi connectivity index (χ4n) is 2.07. The first kappa shape index (κ1) is 12.3. The summed E-state index contributed by atoms with van der Waals surface area (Å²) in [5, 5.41) is 4.93. The van der Waals surface area contributed by atoms with Crippen LogP contribution >= 0.6 is 11.3 Å². The Morgan fingerprint density at radius 1 is 1.47 bits per heavy atom. The zero-order valence-corrected chi connectivity index (χ0v) is 11.5. The smallest absolute Gasteiger partial charge is 0.261 e. The maximum Gasteiger partial charge on any atom is 0.261 e. The third-order valence-electron chi connectivity index (χ3n) is 3.18. The Labute approximate surface area is 115 Å². The molecule has 0 bridgehead atoms. The van der Waals surface area contributed by atoms with Gasteiger partial charge in [-0.1, -0.05) is 0 Å². The van der Waals surface area contributed by atoms with Gasteiger partial charge in [0, 0.05) is 6.20 Å². The Hall–Kier alpha value is -1.75. The number of amides is 1. The molecule has 2 aromatic heterocycles. The molecule has 1 amide bonds. The monoisotopic (exact) mass is 273 g/mol. The van der Waals surface area contributed by atoms with Crippen molar-refractivity contribution in [3.8, 4) is 0 Å². The number of carbonyl (C=O) groups is 1. The standard InChI is InChI=1S/C14H15N3OS/c1-9-15-6-4-11(17-9)8-16-14(18)13-12(5-7-19-13)10-2-3-10/h4-7,10H,2-3,8H2,1H3,(H,16,18). The van der Waals surface area contributed by atoms with Crippen molar-refractivity contribution in [3.05, 3.63) is 45.7 Å². The molecule has 3 rings (SSSR count). The van der Waals surface area contributed by atoms with E-state index in [4.69, 9.17) is 0 Å². The molecular formula is C14H15N3OS. The summed E-state index contributed by atoms with van der Waals surface area (Å²) in [4.78, 5) is 21.3. The number of rotatable bonds is 4. The summed E-state index contributed by atoms with van der Waals surface area (Å²) in [5.41, 5.74) is 2.05. The van der Waals surface area contributed by atoms with Crippen LogP contribution in [0.5, 0.6) is 0 Å². The first-order valence-electron chi connectivity index (χ1n) is 6.38. The minimum atomic E-state index is 0.00756. The van der Waals surface area contributed by atoms with Gasteiger partial charge in [-0.2, -0.15) is 0 Å². The zero-order valence-electron chi connectivity index (χ0n) is 10.7. The second-order valence-corrected chi connectivity index (χ2v) is 5.67. The van der Waals surface area contributed by atoms with E-state index in [0.29, 0.717) is 12.5 Å². The summed E-state index contributed by atoms with van der Waals surface area (Å²) in [6.45, 7) is 2.29. The lowest BCUT2D eigenvalue weighted by molar-refractivity contribution is 0.0953. The Bertz CT molecular complexity index is 604. The highest BCUT2D eigenvalue weighted by atomic mass is 32.1. The topological polar surface area (TPSA) is 54.9 Å². The van der Waals surface area contributed by atoms with Crippen LogP contribution in [0.2, 0.25) is 0 Å². The van der Waals surface area contributed by atoms with Gasteiger partial charge in [-0.3, -0.25) is 4.79 Å². The van der Waals surface area contributed by atoms with Crippen LogP contribution in [-0.4, -0.2) is 15.9 Å². The van der Waals surface area contributed by atoms with E-state index in [9.17, 15) is 4.79 Å². The Morgan fingerprint density at radius 2 is 2.32 bits per heavy atom. The predicted octanol–water partition coefficient (Wildman–Crippen LogP) is 2.65. The van der Waals surface area contributed by atoms with Crippen LogP contribution in [0.15, 0.2) is 23.7 Å². The van der Waals surface area contributed by atoms with Crippen molar-refractivity contribution in [2.24, 2.45) is 0 Å². The van der Waals surface area contributed by atoms with Crippen molar-refractivity contribution >= 4 is 17.2 Å². The van der Waals surface area contributed by atoms with E-state index < -0.39 is 0 Å². The zero-order chi connectivity index (χ0) is 13.2. The number of thiophene rings is 1. The minimum Gasteiger partial charge on any atom is -0.346 e. The van der Waals surface area contributed by atoms with Gasteiger partial charge >= 0.3 is 0 Å². The van der Waals surface area contributed by atoms with Crippen molar-refractivity contribution in [2.45, 2.75) is 32.2 Å². The molecule has 0 radical (unpaired) electrons. The second kappa shape index (κ2) is 5.09. The Kier molecular flexibility index (Phi) is 3.29. The highest BCUT2D eigenvalue weighted by Gasteiger charge is 2.28. The lowest BCUT2D eigenvalue weighted by atomic mass is 10.1. The van der Waals surface area contributed by atoms with Crippen LogP contribution in [0.25, 0.3) is 0 Å². The number of nitrogens with zero attached hydrogens (tertiary/aromatic N) is 2. The third-order valence-corrected chi connectivity index (χ3v) is 4.11. The van der Waals surface area contributed by atoms with Crippen LogP contribution in [-0.2, 0) is 6.54 Å². The normalized spacial score (nSPS) is 14.4. The molecule has 1 aliphatic rings. The third kappa shape index (κ3) is 2.81. The average molecular weight is 273 g/mol. The molecule has 1 fully saturated rings. The van der Waals surface area contributed by atoms with E-state index in [1.165, 1.54) is 29.7 Å². The van der Waals surface area contributed by atoms with E-state index in [2.05, 4.69) is 21.4 Å². The second-order valence-electron chi connectivity index (χ2n) is 4.76. The van der Waals surface area contributed by atoms with Crippen LogP contribution in [0, 0.1) is 6.92 Å². The Balaban J connectivity index is 1.66. The quantitative estimate of drug-likeness (QED) is 0.931. The number of aromatic nitrogens is 2. The molecule has 2 aromatic rings. The van der Waals surface area contributed by atoms with E-state index in [-0.39, 0.29) is 5.91 Å². The van der Waals surface area contributed by atoms with Gasteiger partial charge in [0.05, 0.1) is 17.1 Å². The molecule has 1 saturated carbocycles. The molecule has 2 heterocycles. The van der Waals surface area contributed by atoms with Gasteiger partial charge in [0.15, 0.2) is 0 Å². The molecule has 19 heavy (non-hydrogen) atoms. The number of hydrogen-bond donors (Lipinski definition) is 1. The van der Waals surface area contributed by atoms with E-state index in [1.807, 2.05) is 18.4 Å². The summed E-state index contributed by atoms with van der Waals surface area (Å²) in [6.07, 6.45) is 4.13. The van der Waals surface area contributed by atoms with Gasteiger partial charge < -0.3 is 5.32 Å². The predicted molar refractivity (Wildman–Crippen MR) is 74.2 cm³/mol. The fourth-order valence-corrected chi connectivity index (χ4v) is 2.97. The number of nitrogens with one attached hydrogen (secondary N) is 1. The maximum atomic E-state index is 12.2. The van der Waals surface area contributed by atoms with Crippen LogP contribution in [0.3, 0.4) is 0 Å². The largest absolute Gasteiger partial charge is 0.346 e. The summed E-state index contributed by atoms with van der Waals surface area (Å²) < 4.78 is 0. The van der Waals surface area contributed by atoms with Gasteiger partial charge in [-0.05, 0) is 48.8 Å². The maximum absolute atomic E-state index is 12.2. The van der Waals surface area contributed by atoms with Gasteiger partial charge in [0.1, 0.15) is 5.82 Å². The van der Waals surface area contributed by atoms with E-state index in [0.717, 1.165) is 16.4 Å². The Morgan fingerprint density at radius 3 is 3.05 bits per heavy atom. The molecule has 0 unspecified atom stereocenters. The van der Waals surface area contributed by atoms with Crippen molar-refractivity contribution in [1.29, 1.82) is 0 Å². The molecule has 0 aliphatic heterocycles. The lowest BCUT2D eigenvalue weighted by Crippen LogP contribution is -2.23. The molecule has 98 valence electrons. The van der Waals surface area contributed by atoms with E-state index in [1.54, 1.807) is 6.20 Å². The highest BCUT2D eigenvalue weighted by molar-refractivity contribution is 7.12. The number of hydrogen-bond acceptors (Lipinski definition) is 4. The SMILES string of the molecule is Cc1nccc(CNC(=O)c2sccc2C2CC2)n1. The van der Waals surface area contributed by atoms with Crippen molar-refractivity contribution in [3.63, 3.8) is 0 Å². The van der Waals surface area contributed by atoms with Crippen LogP contribution in [0.4, 0.5) is 0 Å². The van der Waals surface area contributed by atoms with Gasteiger partial charge in [-0.15, -0.1) is 11.3 Å². The lowest BCUT2D eigenvalue weighted by Gasteiger charge is -2.05. The van der Waals surface area contributed by atoms with E-state index >= 15 is 0 Å². The molecular weight excluding hydrogens is 258 g/mol. The highest BCUT2D eigenvalue weighted by Crippen LogP contribution is 2.43. The van der Waals surface area contributed by atoms with Crippen molar-refractivity contribution in [1.82, 2.24) is 15.3 Å². The van der Waals surface area contributed by atoms with Gasteiger partial charge in [0.25, 0.3) is 5.91 Å². The summed E-state index contributed by atoms with van der Waals surface area (Å²) in [5.74, 6) is 1.34. The van der Waals surface area contributed by atoms with Crippen LogP contribution in [0.1, 0.15) is 45.5 Å². The molecule has 4 nitrogen and oxygen atoms in total. The van der Waals surface area contributed by atoms with Gasteiger partial charge in [-0.25, -0.2) is 9.97 Å². The van der Waals surface area contributed by atoms with Gasteiger partial charge in [0.2, 0.25) is 0 Å². The summed E-state index contributed by atoms with van der Waals surface area (Å²) in [7, 11) is 0. The molecule has 0 atom stereocenters. The minimum absolute atomic E-state index is 0.00756. The fraction of sp³-hybridized carbons (Fsp3) is 0.357. The molecule has 0 spiro atoms. The average Bonchev–Trinajstić information content (AvgIpc) is 3.13. The molecule has 1 N–H and O–H groups in total. The molecule has 1 aliphatic carbocycles. The number of carbonyl (C=O) groups excluding carboxylic acids is 1. The van der Waals surface area contributed by atoms with Crippen molar-refractivity contribution < 1.29 is 4.79 Å². The first-order valence-corrected chi connectivity index (χ1v) is 7.26. The molecule has 0 saturated heterocycles. The molecule has 5 heteroatoms. The summed E-state index contributed by atoms with van der Waals surface area (Å²) >= 11 is 1.52.